The van der Waals surface area contributed by atoms with Crippen LogP contribution < -0.4 is 15.8 Å². The van der Waals surface area contributed by atoms with E-state index in [9.17, 15) is 19.1 Å². The van der Waals surface area contributed by atoms with Gasteiger partial charge in [0.05, 0.1) is 11.6 Å². The molecule has 32 heavy (non-hydrogen) atoms. The molecular formula is C24H27FN4O3. The first-order valence-corrected chi connectivity index (χ1v) is 11.2. The quantitative estimate of drug-likeness (QED) is 0.739. The molecule has 168 valence electrons. The van der Waals surface area contributed by atoms with Gasteiger partial charge in [0, 0.05) is 37.0 Å². The average molecular weight is 439 g/mol. The van der Waals surface area contributed by atoms with E-state index in [4.69, 9.17) is 4.98 Å². The normalized spacial score (nSPS) is 19.8. The third kappa shape index (κ3) is 3.78. The zero-order chi connectivity index (χ0) is 22.5. The summed E-state index contributed by atoms with van der Waals surface area (Å²) in [6, 6.07) is 4.98. The lowest BCUT2D eigenvalue weighted by Crippen LogP contribution is -2.38. The van der Waals surface area contributed by atoms with Gasteiger partial charge < -0.3 is 15.3 Å². The Morgan fingerprint density at radius 3 is 2.62 bits per heavy atom. The predicted molar refractivity (Wildman–Crippen MR) is 121 cm³/mol. The summed E-state index contributed by atoms with van der Waals surface area (Å²) in [5, 5.41) is 12.6. The second-order valence-corrected chi connectivity index (χ2v) is 9.22. The summed E-state index contributed by atoms with van der Waals surface area (Å²) in [6.07, 6.45) is 7.67. The van der Waals surface area contributed by atoms with Crippen LogP contribution in [0.1, 0.15) is 55.2 Å². The van der Waals surface area contributed by atoms with Crippen LogP contribution in [0.3, 0.4) is 0 Å². The molecule has 0 unspecified atom stereocenters. The van der Waals surface area contributed by atoms with E-state index in [2.05, 4.69) is 10.2 Å². The molecule has 2 aromatic rings. The number of benzene rings is 1. The molecule has 2 aliphatic heterocycles. The Hall–Kier alpha value is -3.16. The molecule has 0 bridgehead atoms. The minimum Gasteiger partial charge on any atom is -0.478 e. The van der Waals surface area contributed by atoms with Crippen LogP contribution >= 0.6 is 0 Å². The van der Waals surface area contributed by atoms with Crippen molar-refractivity contribution >= 4 is 23.0 Å². The van der Waals surface area contributed by atoms with Crippen LogP contribution in [-0.2, 0) is 6.54 Å². The summed E-state index contributed by atoms with van der Waals surface area (Å²) in [5.41, 5.74) is 1.51. The highest BCUT2D eigenvalue weighted by molar-refractivity contribution is 5.94. The van der Waals surface area contributed by atoms with Crippen LogP contribution in [0.4, 0.5) is 15.9 Å². The van der Waals surface area contributed by atoms with Crippen LogP contribution in [0.5, 0.6) is 0 Å². The maximum Gasteiger partial charge on any atom is 0.337 e. The number of fused-ring (bicyclic) bond motifs is 1. The minimum absolute atomic E-state index is 0.0671. The summed E-state index contributed by atoms with van der Waals surface area (Å²) in [7, 11) is 0. The van der Waals surface area contributed by atoms with E-state index in [1.54, 1.807) is 10.6 Å². The molecule has 0 amide bonds. The third-order valence-corrected chi connectivity index (χ3v) is 7.13. The number of carbonyl (C=O) groups is 1. The monoisotopic (exact) mass is 438 g/mol. The average Bonchev–Trinajstić information content (AvgIpc) is 3.53. The van der Waals surface area contributed by atoms with Crippen LogP contribution in [0.2, 0.25) is 0 Å². The maximum absolute atomic E-state index is 13.6. The lowest BCUT2D eigenvalue weighted by molar-refractivity contribution is 0.0697. The van der Waals surface area contributed by atoms with Crippen molar-refractivity contribution in [1.82, 2.24) is 9.55 Å². The molecular weight excluding hydrogens is 411 g/mol. The minimum atomic E-state index is -1.20. The van der Waals surface area contributed by atoms with Gasteiger partial charge >= 0.3 is 5.97 Å². The summed E-state index contributed by atoms with van der Waals surface area (Å²) >= 11 is 0. The SMILES string of the molecule is C[C@@H](Nc1ccc(F)cc1C(=O)O)C1=CCCn2c1nc(N1CCC3(CC1)CC3)cc2=O. The Kier molecular flexibility index (Phi) is 5.03. The van der Waals surface area contributed by atoms with E-state index in [-0.39, 0.29) is 17.2 Å². The number of aromatic nitrogens is 2. The van der Waals surface area contributed by atoms with Gasteiger partial charge in [0.25, 0.3) is 5.56 Å². The molecule has 5 rings (SSSR count). The van der Waals surface area contributed by atoms with E-state index in [0.29, 0.717) is 35.7 Å². The van der Waals surface area contributed by atoms with E-state index in [0.717, 1.165) is 37.6 Å². The van der Waals surface area contributed by atoms with E-state index in [1.807, 2.05) is 13.0 Å². The number of hydrogen-bond acceptors (Lipinski definition) is 5. The second kappa shape index (κ2) is 7.76. The van der Waals surface area contributed by atoms with Gasteiger partial charge in [0.1, 0.15) is 17.5 Å². The number of piperidine rings is 1. The molecule has 1 aliphatic carbocycles. The highest BCUT2D eigenvalue weighted by Crippen LogP contribution is 2.53. The van der Waals surface area contributed by atoms with Gasteiger partial charge in [0.15, 0.2) is 0 Å². The summed E-state index contributed by atoms with van der Waals surface area (Å²) < 4.78 is 15.2. The fraction of sp³-hybridized carbons (Fsp3) is 0.458. The standard InChI is InChI=1S/C24H27FN4O3/c1-15(26-19-5-4-16(25)13-18(19)23(31)32)17-3-2-10-29-21(30)14-20(27-22(17)29)28-11-8-24(6-7-24)9-12-28/h3-5,13-15,26H,2,6-12H2,1H3,(H,31,32)/t15-/m1/s1. The van der Waals surface area contributed by atoms with Crippen molar-refractivity contribution in [1.29, 1.82) is 0 Å². The lowest BCUT2D eigenvalue weighted by Gasteiger charge is -2.34. The highest BCUT2D eigenvalue weighted by Gasteiger charge is 2.44. The van der Waals surface area contributed by atoms with Gasteiger partial charge in [-0.25, -0.2) is 14.2 Å². The first-order chi connectivity index (χ1) is 15.3. The van der Waals surface area contributed by atoms with Gasteiger partial charge in [0.2, 0.25) is 0 Å². The van der Waals surface area contributed by atoms with Gasteiger partial charge in [-0.1, -0.05) is 6.08 Å². The van der Waals surface area contributed by atoms with E-state index < -0.39 is 11.8 Å². The molecule has 0 radical (unpaired) electrons. The number of carboxylic acid groups (broad SMARTS) is 1. The summed E-state index contributed by atoms with van der Waals surface area (Å²) in [4.78, 5) is 31.6. The third-order valence-electron chi connectivity index (χ3n) is 7.13. The van der Waals surface area contributed by atoms with Crippen LogP contribution in [0, 0.1) is 11.2 Å². The van der Waals surface area contributed by atoms with Crippen molar-refractivity contribution in [2.45, 2.75) is 51.6 Å². The Morgan fingerprint density at radius 1 is 1.19 bits per heavy atom. The molecule has 3 heterocycles. The number of nitrogens with one attached hydrogen (secondary N) is 1. The molecule has 8 heteroatoms. The predicted octanol–water partition coefficient (Wildman–Crippen LogP) is 3.75. The maximum atomic E-state index is 13.6. The summed E-state index contributed by atoms with van der Waals surface area (Å²) in [6.45, 7) is 4.30. The first-order valence-electron chi connectivity index (χ1n) is 11.2. The van der Waals surface area contributed by atoms with Crippen LogP contribution in [-0.4, -0.2) is 39.8 Å². The van der Waals surface area contributed by atoms with Crippen molar-refractivity contribution in [2.75, 3.05) is 23.3 Å². The smallest absolute Gasteiger partial charge is 0.337 e. The fourth-order valence-electron chi connectivity index (χ4n) is 4.92. The van der Waals surface area contributed by atoms with Crippen molar-refractivity contribution in [3.05, 3.63) is 57.9 Å². The van der Waals surface area contributed by atoms with Gasteiger partial charge in [-0.3, -0.25) is 9.36 Å². The first kappa shape index (κ1) is 20.7. The molecule has 1 saturated heterocycles. The molecule has 2 fully saturated rings. The second-order valence-electron chi connectivity index (χ2n) is 9.22. The Balaban J connectivity index is 1.43. The van der Waals surface area contributed by atoms with Crippen LogP contribution in [0.25, 0.3) is 5.57 Å². The zero-order valence-electron chi connectivity index (χ0n) is 18.1. The van der Waals surface area contributed by atoms with Crippen molar-refractivity contribution in [3.8, 4) is 0 Å². The van der Waals surface area contributed by atoms with Crippen molar-refractivity contribution in [2.24, 2.45) is 5.41 Å². The number of halogens is 1. The van der Waals surface area contributed by atoms with Gasteiger partial charge in [-0.2, -0.15) is 0 Å². The lowest BCUT2D eigenvalue weighted by atomic mass is 9.94. The molecule has 7 nitrogen and oxygen atoms in total. The number of hydrogen-bond donors (Lipinski definition) is 2. The molecule has 3 aliphatic rings. The van der Waals surface area contributed by atoms with Crippen molar-refractivity contribution in [3.63, 3.8) is 0 Å². The molecule has 1 atom stereocenters. The Bertz CT molecular complexity index is 1160. The highest BCUT2D eigenvalue weighted by atomic mass is 19.1. The van der Waals surface area contributed by atoms with Gasteiger partial charge in [-0.15, -0.1) is 0 Å². The number of allylic oxidation sites excluding steroid dienone is 1. The fourth-order valence-corrected chi connectivity index (χ4v) is 4.92. The number of anilines is 2. The molecule has 2 N–H and O–H groups in total. The molecule has 1 spiro atoms. The number of rotatable bonds is 5. The molecule has 1 saturated carbocycles. The molecule has 1 aromatic carbocycles. The topological polar surface area (TPSA) is 87.5 Å². The Labute approximate surface area is 185 Å². The number of nitrogens with zero attached hydrogens (tertiary/aromatic N) is 3. The number of aromatic carboxylic acids is 1. The van der Waals surface area contributed by atoms with Crippen LogP contribution in [0.15, 0.2) is 35.1 Å². The zero-order valence-corrected chi connectivity index (χ0v) is 18.1. The van der Waals surface area contributed by atoms with Crippen molar-refractivity contribution < 1.29 is 14.3 Å². The largest absolute Gasteiger partial charge is 0.478 e. The van der Waals surface area contributed by atoms with E-state index >= 15 is 0 Å². The summed E-state index contributed by atoms with van der Waals surface area (Å²) in [5.74, 6) is -0.475. The Morgan fingerprint density at radius 2 is 1.94 bits per heavy atom. The van der Waals surface area contributed by atoms with E-state index in [1.165, 1.54) is 25.0 Å². The molecule has 1 aromatic heterocycles. The van der Waals surface area contributed by atoms with Gasteiger partial charge in [-0.05, 0) is 62.6 Å². The number of carboxylic acids is 1.